The van der Waals surface area contributed by atoms with Crippen LogP contribution in [-0.4, -0.2) is 24.5 Å². The fourth-order valence-corrected chi connectivity index (χ4v) is 2.54. The lowest BCUT2D eigenvalue weighted by Crippen LogP contribution is -1.96. The maximum atomic E-state index is 5.82. The molecule has 0 unspecified atom stereocenters. The van der Waals surface area contributed by atoms with Crippen LogP contribution in [0, 0.1) is 0 Å². The molecule has 4 heterocycles. The fourth-order valence-electron chi connectivity index (χ4n) is 2.54. The average Bonchev–Trinajstić information content (AvgIpc) is 3.13. The van der Waals surface area contributed by atoms with E-state index in [1.54, 1.807) is 12.4 Å². The molecule has 22 heavy (non-hydrogen) atoms. The fraction of sp³-hybridized carbons (Fsp3) is 0. The van der Waals surface area contributed by atoms with Gasteiger partial charge in [0, 0.05) is 42.2 Å². The summed E-state index contributed by atoms with van der Waals surface area (Å²) < 4.78 is 1.96. The first-order valence-corrected chi connectivity index (χ1v) is 6.71. The average molecular weight is 291 g/mol. The van der Waals surface area contributed by atoms with Crippen LogP contribution >= 0.6 is 0 Å². The Labute approximate surface area is 125 Å². The van der Waals surface area contributed by atoms with Gasteiger partial charge in [-0.05, 0) is 18.2 Å². The first-order valence-electron chi connectivity index (χ1n) is 6.71. The molecule has 0 aliphatic carbocycles. The summed E-state index contributed by atoms with van der Waals surface area (Å²) in [5, 5.41) is 0.955. The summed E-state index contributed by atoms with van der Waals surface area (Å²) in [4.78, 5) is 15.8. The number of nitrogen functional groups attached to an aromatic ring is 2. The van der Waals surface area contributed by atoms with E-state index in [0.717, 1.165) is 28.0 Å². The van der Waals surface area contributed by atoms with Gasteiger partial charge < -0.3 is 21.0 Å². The van der Waals surface area contributed by atoms with Gasteiger partial charge >= 0.3 is 0 Å². The van der Waals surface area contributed by atoms with Crippen molar-refractivity contribution in [2.45, 2.75) is 0 Å². The van der Waals surface area contributed by atoms with Gasteiger partial charge in [-0.3, -0.25) is 0 Å². The monoisotopic (exact) mass is 291 g/mol. The summed E-state index contributed by atoms with van der Waals surface area (Å²) >= 11 is 0. The second kappa shape index (κ2) is 4.59. The van der Waals surface area contributed by atoms with E-state index >= 15 is 0 Å². The standard InChI is InChI=1S/C15H13N7/c16-9-3-6-22(8-9)12-2-5-18-14-13(12)10(7-20-14)11-1-4-19-15(17)21-11/h1-8H,16H2,(H,18,20)(H2,17,19,21). The maximum absolute atomic E-state index is 5.82. The van der Waals surface area contributed by atoms with Crippen LogP contribution in [0.4, 0.5) is 11.6 Å². The summed E-state index contributed by atoms with van der Waals surface area (Å²) in [5.74, 6) is 0.238. The highest BCUT2D eigenvalue weighted by atomic mass is 15.0. The van der Waals surface area contributed by atoms with Gasteiger partial charge in [0.25, 0.3) is 0 Å². The molecule has 0 fully saturated rings. The number of aromatic amines is 1. The molecule has 0 spiro atoms. The molecule has 0 bridgehead atoms. The minimum atomic E-state index is 0.238. The van der Waals surface area contributed by atoms with Crippen LogP contribution in [0.2, 0.25) is 0 Å². The van der Waals surface area contributed by atoms with Gasteiger partial charge in [-0.1, -0.05) is 0 Å². The van der Waals surface area contributed by atoms with Gasteiger partial charge in [0.05, 0.1) is 16.8 Å². The zero-order valence-corrected chi connectivity index (χ0v) is 11.6. The van der Waals surface area contributed by atoms with Crippen molar-refractivity contribution < 1.29 is 0 Å². The molecular weight excluding hydrogens is 278 g/mol. The molecular formula is C15H13N7. The van der Waals surface area contributed by atoms with E-state index in [-0.39, 0.29) is 5.95 Å². The number of nitrogens with zero attached hydrogens (tertiary/aromatic N) is 4. The lowest BCUT2D eigenvalue weighted by molar-refractivity contribution is 1.09. The van der Waals surface area contributed by atoms with E-state index in [1.165, 1.54) is 0 Å². The highest BCUT2D eigenvalue weighted by Gasteiger charge is 2.14. The molecule has 4 aromatic rings. The lowest BCUT2D eigenvalue weighted by atomic mass is 10.1. The number of nitrogens with two attached hydrogens (primary N) is 2. The highest BCUT2D eigenvalue weighted by Crippen LogP contribution is 2.31. The number of pyridine rings is 1. The molecule has 0 radical (unpaired) electrons. The van der Waals surface area contributed by atoms with Crippen molar-refractivity contribution in [1.82, 2.24) is 24.5 Å². The Kier molecular flexibility index (Phi) is 2.59. The van der Waals surface area contributed by atoms with Crippen molar-refractivity contribution in [2.24, 2.45) is 0 Å². The number of aromatic nitrogens is 5. The minimum Gasteiger partial charge on any atom is -0.397 e. The molecule has 0 aromatic carbocycles. The molecule has 0 saturated carbocycles. The van der Waals surface area contributed by atoms with E-state index in [2.05, 4.69) is 19.9 Å². The predicted molar refractivity (Wildman–Crippen MR) is 85.3 cm³/mol. The van der Waals surface area contributed by atoms with Crippen LogP contribution in [0.3, 0.4) is 0 Å². The molecule has 4 aromatic heterocycles. The second-order valence-corrected chi connectivity index (χ2v) is 4.91. The van der Waals surface area contributed by atoms with Crippen molar-refractivity contribution in [3.8, 4) is 16.9 Å². The number of hydrogen-bond acceptors (Lipinski definition) is 5. The number of rotatable bonds is 2. The SMILES string of the molecule is Nc1ccn(-c2ccnc3[nH]cc(-c4ccnc(N)n4)c23)c1. The molecule has 108 valence electrons. The van der Waals surface area contributed by atoms with E-state index in [4.69, 9.17) is 11.5 Å². The van der Waals surface area contributed by atoms with Crippen molar-refractivity contribution in [1.29, 1.82) is 0 Å². The molecule has 0 aliphatic heterocycles. The van der Waals surface area contributed by atoms with Crippen LogP contribution in [0.25, 0.3) is 28.0 Å². The van der Waals surface area contributed by atoms with E-state index in [0.29, 0.717) is 5.69 Å². The molecule has 4 rings (SSSR count). The second-order valence-electron chi connectivity index (χ2n) is 4.91. The number of anilines is 2. The summed E-state index contributed by atoms with van der Waals surface area (Å²) in [6, 6.07) is 5.60. The Morgan fingerprint density at radius 3 is 2.68 bits per heavy atom. The Morgan fingerprint density at radius 1 is 1.05 bits per heavy atom. The van der Waals surface area contributed by atoms with Gasteiger partial charge in [-0.25, -0.2) is 15.0 Å². The van der Waals surface area contributed by atoms with Gasteiger partial charge in [-0.15, -0.1) is 0 Å². The first-order chi connectivity index (χ1) is 10.7. The third kappa shape index (κ3) is 1.87. The number of nitrogens with one attached hydrogen (secondary N) is 1. The Morgan fingerprint density at radius 2 is 1.91 bits per heavy atom. The maximum Gasteiger partial charge on any atom is 0.220 e. The minimum absolute atomic E-state index is 0.238. The summed E-state index contributed by atoms with van der Waals surface area (Å²) in [6.07, 6.45) is 9.04. The lowest BCUT2D eigenvalue weighted by Gasteiger charge is -2.07. The predicted octanol–water partition coefficient (Wildman–Crippen LogP) is 1.97. The molecule has 7 nitrogen and oxygen atoms in total. The number of H-pyrrole nitrogens is 1. The molecule has 0 atom stereocenters. The highest BCUT2D eigenvalue weighted by molar-refractivity contribution is 5.98. The zero-order valence-electron chi connectivity index (χ0n) is 11.6. The molecule has 0 saturated heterocycles. The van der Waals surface area contributed by atoms with Crippen LogP contribution < -0.4 is 11.5 Å². The van der Waals surface area contributed by atoms with Crippen LogP contribution in [0.5, 0.6) is 0 Å². The smallest absolute Gasteiger partial charge is 0.220 e. The zero-order chi connectivity index (χ0) is 15.1. The van der Waals surface area contributed by atoms with Gasteiger partial charge in [-0.2, -0.15) is 0 Å². The molecule has 0 amide bonds. The van der Waals surface area contributed by atoms with Crippen LogP contribution in [0.15, 0.2) is 49.2 Å². The van der Waals surface area contributed by atoms with E-state index in [1.807, 2.05) is 41.4 Å². The Bertz CT molecular complexity index is 967. The normalized spacial score (nSPS) is 11.1. The van der Waals surface area contributed by atoms with Crippen molar-refractivity contribution in [3.63, 3.8) is 0 Å². The van der Waals surface area contributed by atoms with Crippen molar-refractivity contribution in [3.05, 3.63) is 49.2 Å². The molecule has 5 N–H and O–H groups in total. The van der Waals surface area contributed by atoms with Gasteiger partial charge in [0.1, 0.15) is 5.65 Å². The van der Waals surface area contributed by atoms with Gasteiger partial charge in [0.2, 0.25) is 5.95 Å². The largest absolute Gasteiger partial charge is 0.397 e. The molecule has 0 aliphatic rings. The molecule has 7 heteroatoms. The number of hydrogen-bond donors (Lipinski definition) is 3. The summed E-state index contributed by atoms with van der Waals surface area (Å²) in [7, 11) is 0. The van der Waals surface area contributed by atoms with E-state index < -0.39 is 0 Å². The quantitative estimate of drug-likeness (QED) is 0.523. The van der Waals surface area contributed by atoms with Crippen molar-refractivity contribution >= 4 is 22.7 Å². The van der Waals surface area contributed by atoms with Crippen molar-refractivity contribution in [2.75, 3.05) is 11.5 Å². The topological polar surface area (TPSA) is 111 Å². The third-order valence-electron chi connectivity index (χ3n) is 3.50. The van der Waals surface area contributed by atoms with Crippen LogP contribution in [-0.2, 0) is 0 Å². The Hall–Kier alpha value is -3.35. The third-order valence-corrected chi connectivity index (χ3v) is 3.50. The first kappa shape index (κ1) is 12.4. The van der Waals surface area contributed by atoms with Gasteiger partial charge in [0.15, 0.2) is 0 Å². The van der Waals surface area contributed by atoms with E-state index in [9.17, 15) is 0 Å². The van der Waals surface area contributed by atoms with Crippen LogP contribution in [0.1, 0.15) is 0 Å². The summed E-state index contributed by atoms with van der Waals surface area (Å²) in [5.41, 5.74) is 15.6. The Balaban J connectivity index is 2.01. The summed E-state index contributed by atoms with van der Waals surface area (Å²) in [6.45, 7) is 0. The number of fused-ring (bicyclic) bond motifs is 1.